The van der Waals surface area contributed by atoms with Crippen LogP contribution >= 0.6 is 0 Å². The van der Waals surface area contributed by atoms with E-state index in [0.29, 0.717) is 50.8 Å². The molecule has 2 unspecified atom stereocenters. The van der Waals surface area contributed by atoms with Crippen LogP contribution in [0.3, 0.4) is 0 Å². The number of rotatable bonds is 21. The van der Waals surface area contributed by atoms with Gasteiger partial charge < -0.3 is 21.3 Å². The standard InChI is InChI=1S/C41H54F2N4O4S/c1-4-11-36(12-5-2)52(50,51)27-32(25-46-38(48)26-45-35-15-8-7-9-16-35)39(49)47-41(23-37(41)31-20-33(42)22-34(43)21-31)40(17-18-40)28-44-24-30-14-10-13-29(6-3)19-30/h7-10,13-16,19-22,32,36-37,44-45H,4-6,11-12,17-18,23-28H2,1-3H3,(H,46,48)(H,47,49)/t32?,37-,41?/m0/s1. The van der Waals surface area contributed by atoms with E-state index in [2.05, 4.69) is 46.4 Å². The molecule has 5 rings (SSSR count). The van der Waals surface area contributed by atoms with E-state index in [4.69, 9.17) is 0 Å². The fourth-order valence-corrected chi connectivity index (χ4v) is 10.1. The van der Waals surface area contributed by atoms with Gasteiger partial charge in [-0.1, -0.05) is 76.1 Å². The predicted octanol–water partition coefficient (Wildman–Crippen LogP) is 6.67. The number of para-hydroxylation sites is 1. The van der Waals surface area contributed by atoms with Crippen molar-refractivity contribution in [1.29, 1.82) is 0 Å². The molecule has 0 bridgehead atoms. The zero-order valence-corrected chi connectivity index (χ0v) is 31.5. The molecule has 2 amide bonds. The van der Waals surface area contributed by atoms with Crippen molar-refractivity contribution in [2.24, 2.45) is 11.3 Å². The molecule has 2 fully saturated rings. The number of hydrogen-bond acceptors (Lipinski definition) is 6. The second-order valence-corrected chi connectivity index (χ2v) is 17.1. The average molecular weight is 737 g/mol. The van der Waals surface area contributed by atoms with Gasteiger partial charge in [0.25, 0.3) is 0 Å². The van der Waals surface area contributed by atoms with Gasteiger partial charge in [0.2, 0.25) is 11.8 Å². The van der Waals surface area contributed by atoms with Crippen molar-refractivity contribution < 1.29 is 26.8 Å². The molecule has 0 aromatic heterocycles. The van der Waals surface area contributed by atoms with Gasteiger partial charge in [-0.15, -0.1) is 0 Å². The minimum Gasteiger partial charge on any atom is -0.376 e. The first-order valence-corrected chi connectivity index (χ1v) is 20.5. The Morgan fingerprint density at radius 3 is 2.19 bits per heavy atom. The molecule has 11 heteroatoms. The number of benzene rings is 3. The maximum Gasteiger partial charge on any atom is 0.239 e. The van der Waals surface area contributed by atoms with Crippen molar-refractivity contribution in [3.8, 4) is 0 Å². The fraction of sp³-hybridized carbons (Fsp3) is 0.512. The number of halogens is 2. The lowest BCUT2D eigenvalue weighted by Crippen LogP contribution is -2.53. The molecule has 0 heterocycles. The topological polar surface area (TPSA) is 116 Å². The van der Waals surface area contributed by atoms with Gasteiger partial charge >= 0.3 is 0 Å². The van der Waals surface area contributed by atoms with Crippen molar-refractivity contribution in [3.63, 3.8) is 0 Å². The second kappa shape index (κ2) is 17.3. The molecule has 3 aromatic carbocycles. The van der Waals surface area contributed by atoms with Crippen molar-refractivity contribution in [2.75, 3.05) is 30.7 Å². The highest BCUT2D eigenvalue weighted by Crippen LogP contribution is 2.70. The van der Waals surface area contributed by atoms with E-state index in [1.807, 2.05) is 50.2 Å². The molecule has 52 heavy (non-hydrogen) atoms. The number of nitrogens with one attached hydrogen (secondary N) is 4. The van der Waals surface area contributed by atoms with E-state index >= 15 is 0 Å². The van der Waals surface area contributed by atoms with Crippen LogP contribution in [0.25, 0.3) is 0 Å². The Kier molecular flexibility index (Phi) is 13.1. The van der Waals surface area contributed by atoms with Crippen LogP contribution in [0.15, 0.2) is 72.8 Å². The molecular formula is C41H54F2N4O4S. The van der Waals surface area contributed by atoms with E-state index in [1.165, 1.54) is 17.7 Å². The number of carbonyl (C=O) groups is 2. The van der Waals surface area contributed by atoms with Crippen LogP contribution in [0, 0.1) is 23.0 Å². The Morgan fingerprint density at radius 2 is 1.56 bits per heavy atom. The highest BCUT2D eigenvalue weighted by molar-refractivity contribution is 7.92. The molecule has 2 aliphatic rings. The average Bonchev–Trinajstić information content (AvgIpc) is 4.05. The largest absolute Gasteiger partial charge is 0.376 e. The number of anilines is 1. The third-order valence-electron chi connectivity index (χ3n) is 10.9. The highest BCUT2D eigenvalue weighted by atomic mass is 32.2. The highest BCUT2D eigenvalue weighted by Gasteiger charge is 2.72. The van der Waals surface area contributed by atoms with Gasteiger partial charge in [0.05, 0.1) is 29.0 Å². The number of carbonyl (C=O) groups excluding carboxylic acids is 2. The summed E-state index contributed by atoms with van der Waals surface area (Å²) < 4.78 is 56.7. The fourth-order valence-electron chi connectivity index (χ4n) is 7.79. The smallest absolute Gasteiger partial charge is 0.239 e. The van der Waals surface area contributed by atoms with Crippen LogP contribution in [0.1, 0.15) is 88.3 Å². The third-order valence-corrected chi connectivity index (χ3v) is 13.2. The summed E-state index contributed by atoms with van der Waals surface area (Å²) in [5, 5.41) is 12.1. The zero-order valence-electron chi connectivity index (χ0n) is 30.6. The van der Waals surface area contributed by atoms with Crippen LogP contribution in [0.4, 0.5) is 14.5 Å². The van der Waals surface area contributed by atoms with E-state index < -0.39 is 55.3 Å². The van der Waals surface area contributed by atoms with Crippen molar-refractivity contribution in [3.05, 3.63) is 101 Å². The first-order valence-electron chi connectivity index (χ1n) is 18.8. The van der Waals surface area contributed by atoms with E-state index in [-0.39, 0.29) is 24.9 Å². The molecule has 4 N–H and O–H groups in total. The van der Waals surface area contributed by atoms with E-state index in [9.17, 15) is 26.8 Å². The molecule has 3 atom stereocenters. The van der Waals surface area contributed by atoms with Gasteiger partial charge in [-0.2, -0.15) is 0 Å². The summed E-state index contributed by atoms with van der Waals surface area (Å²) in [6.45, 7) is 6.97. The first-order chi connectivity index (χ1) is 24.9. The summed E-state index contributed by atoms with van der Waals surface area (Å²) in [4.78, 5) is 27.4. The summed E-state index contributed by atoms with van der Waals surface area (Å²) in [5.41, 5.74) is 2.38. The first kappa shape index (κ1) is 39.4. The Labute approximate surface area is 307 Å². The van der Waals surface area contributed by atoms with E-state index in [0.717, 1.165) is 36.6 Å². The summed E-state index contributed by atoms with van der Waals surface area (Å²) in [6.07, 6.45) is 5.35. The lowest BCUT2D eigenvalue weighted by atomic mass is 9.88. The molecule has 2 saturated carbocycles. The van der Waals surface area contributed by atoms with Crippen LogP contribution < -0.4 is 21.3 Å². The Hall–Kier alpha value is -3.83. The van der Waals surface area contributed by atoms with Crippen LogP contribution in [0.5, 0.6) is 0 Å². The molecule has 0 saturated heterocycles. The normalized spacial score (nSPS) is 19.5. The molecule has 0 aliphatic heterocycles. The van der Waals surface area contributed by atoms with E-state index in [1.54, 1.807) is 0 Å². The summed E-state index contributed by atoms with van der Waals surface area (Å²) >= 11 is 0. The molecular weight excluding hydrogens is 683 g/mol. The van der Waals surface area contributed by atoms with Crippen molar-refractivity contribution in [1.82, 2.24) is 16.0 Å². The van der Waals surface area contributed by atoms with Gasteiger partial charge in [0, 0.05) is 42.7 Å². The third kappa shape index (κ3) is 9.77. The SMILES string of the molecule is CCCC(CCC)S(=O)(=O)CC(CNC(=O)CNc1ccccc1)C(=O)NC1(C2(CNCc3cccc(CC)c3)CC2)C[C@H]1c1cc(F)cc(F)c1. The minimum atomic E-state index is -3.72. The van der Waals surface area contributed by atoms with Crippen LogP contribution in [-0.2, 0) is 32.4 Å². The Balaban J connectivity index is 1.38. The summed E-state index contributed by atoms with van der Waals surface area (Å²) in [7, 11) is -3.72. The molecule has 0 spiro atoms. The number of sulfone groups is 1. The van der Waals surface area contributed by atoms with Gasteiger partial charge in [-0.3, -0.25) is 9.59 Å². The molecule has 282 valence electrons. The zero-order chi connectivity index (χ0) is 37.4. The monoisotopic (exact) mass is 736 g/mol. The van der Waals surface area contributed by atoms with Gasteiger partial charge in [0.15, 0.2) is 9.84 Å². The van der Waals surface area contributed by atoms with Gasteiger partial charge in [-0.05, 0) is 79.5 Å². The lowest BCUT2D eigenvalue weighted by molar-refractivity contribution is -0.126. The molecule has 3 aromatic rings. The number of hydrogen-bond donors (Lipinski definition) is 4. The van der Waals surface area contributed by atoms with Gasteiger partial charge in [0.1, 0.15) is 11.6 Å². The Morgan fingerprint density at radius 1 is 0.885 bits per heavy atom. The summed E-state index contributed by atoms with van der Waals surface area (Å²) in [6, 6.07) is 21.1. The maximum absolute atomic E-state index is 14.5. The molecule has 2 aliphatic carbocycles. The molecule has 8 nitrogen and oxygen atoms in total. The molecule has 0 radical (unpaired) electrons. The predicted molar refractivity (Wildman–Crippen MR) is 203 cm³/mol. The lowest BCUT2D eigenvalue weighted by Gasteiger charge is -2.32. The number of aryl methyl sites for hydroxylation is 1. The van der Waals surface area contributed by atoms with Crippen molar-refractivity contribution in [2.45, 2.75) is 95.4 Å². The van der Waals surface area contributed by atoms with Gasteiger partial charge in [-0.25, -0.2) is 17.2 Å². The maximum atomic E-state index is 14.5. The number of amides is 2. The minimum absolute atomic E-state index is 0.0491. The second-order valence-electron chi connectivity index (χ2n) is 14.7. The summed E-state index contributed by atoms with van der Waals surface area (Å²) in [5.74, 6) is -4.06. The quantitative estimate of drug-likeness (QED) is 0.0972. The van der Waals surface area contributed by atoms with Crippen LogP contribution in [-0.4, -0.2) is 56.4 Å². The van der Waals surface area contributed by atoms with Crippen molar-refractivity contribution >= 4 is 27.3 Å². The Bertz CT molecular complexity index is 1760. The van der Waals surface area contributed by atoms with Crippen LogP contribution in [0.2, 0.25) is 0 Å².